The number of carbonyl (C=O) groups excluding carboxylic acids is 1. The maximum absolute atomic E-state index is 13.1. The molecule has 1 aromatic heterocycles. The summed E-state index contributed by atoms with van der Waals surface area (Å²) < 4.78 is 6.65. The third-order valence-corrected chi connectivity index (χ3v) is 6.62. The molecule has 4 rings (SSSR count). The SMILES string of the molecule is Cc1cc(C(=O)C[C@H]2O[C@H](c3ccccc3)[C@@H](N(C)C)c3ccccc32)c(C)s1. The highest BCUT2D eigenvalue weighted by Gasteiger charge is 2.38. The summed E-state index contributed by atoms with van der Waals surface area (Å²) in [5, 5.41) is 0. The van der Waals surface area contributed by atoms with E-state index < -0.39 is 0 Å². The molecule has 0 saturated heterocycles. The monoisotopic (exact) mass is 405 g/mol. The van der Waals surface area contributed by atoms with Gasteiger partial charge in [0.2, 0.25) is 0 Å². The second kappa shape index (κ2) is 8.23. The number of Topliss-reactive ketones (excluding diaryl/α,β-unsaturated/α-hetero) is 1. The fraction of sp³-hybridized carbons (Fsp3) is 0.320. The minimum absolute atomic E-state index is 0.102. The van der Waals surface area contributed by atoms with E-state index in [1.54, 1.807) is 11.3 Å². The van der Waals surface area contributed by atoms with Gasteiger partial charge in [-0.15, -0.1) is 11.3 Å². The van der Waals surface area contributed by atoms with Crippen LogP contribution in [0.15, 0.2) is 60.7 Å². The van der Waals surface area contributed by atoms with Crippen LogP contribution >= 0.6 is 11.3 Å². The van der Waals surface area contributed by atoms with Crippen molar-refractivity contribution in [1.29, 1.82) is 0 Å². The van der Waals surface area contributed by atoms with Crippen molar-refractivity contribution in [1.82, 2.24) is 4.90 Å². The second-order valence-electron chi connectivity index (χ2n) is 7.95. The van der Waals surface area contributed by atoms with E-state index in [-0.39, 0.29) is 24.0 Å². The zero-order valence-electron chi connectivity index (χ0n) is 17.4. The van der Waals surface area contributed by atoms with Crippen molar-refractivity contribution < 1.29 is 9.53 Å². The molecule has 0 saturated carbocycles. The molecule has 0 fully saturated rings. The Kier molecular flexibility index (Phi) is 5.68. The Morgan fingerprint density at radius 3 is 2.28 bits per heavy atom. The van der Waals surface area contributed by atoms with Crippen LogP contribution in [-0.2, 0) is 4.74 Å². The van der Waals surface area contributed by atoms with E-state index in [2.05, 4.69) is 49.3 Å². The van der Waals surface area contributed by atoms with Gasteiger partial charge in [0, 0.05) is 21.7 Å². The zero-order chi connectivity index (χ0) is 20.5. The summed E-state index contributed by atoms with van der Waals surface area (Å²) in [6.45, 7) is 4.07. The van der Waals surface area contributed by atoms with Crippen molar-refractivity contribution in [3.8, 4) is 0 Å². The topological polar surface area (TPSA) is 29.5 Å². The van der Waals surface area contributed by atoms with Crippen LogP contribution in [0.5, 0.6) is 0 Å². The summed E-state index contributed by atoms with van der Waals surface area (Å²) in [6, 6.07) is 20.8. The standard InChI is InChI=1S/C25H27NO2S/c1-16-14-21(17(2)29-16)22(27)15-23-19-12-8-9-13-20(19)24(26(3)4)25(28-23)18-10-6-5-7-11-18/h5-14,23-25H,15H2,1-4H3/t23-,24+,25-/m1/s1. The van der Waals surface area contributed by atoms with Gasteiger partial charge < -0.3 is 4.74 Å². The molecule has 3 atom stereocenters. The fourth-order valence-electron chi connectivity index (χ4n) is 4.36. The minimum atomic E-state index is -0.250. The van der Waals surface area contributed by atoms with Gasteiger partial charge in [0.15, 0.2) is 5.78 Å². The van der Waals surface area contributed by atoms with Crippen LogP contribution in [0, 0.1) is 13.8 Å². The molecular weight excluding hydrogens is 378 g/mol. The Hall–Kier alpha value is -2.27. The zero-order valence-corrected chi connectivity index (χ0v) is 18.2. The fourth-order valence-corrected chi connectivity index (χ4v) is 5.30. The molecule has 0 N–H and O–H groups in total. The molecule has 29 heavy (non-hydrogen) atoms. The number of likely N-dealkylation sites (N-methyl/N-ethyl adjacent to an activating group) is 1. The van der Waals surface area contributed by atoms with Gasteiger partial charge in [0.05, 0.1) is 12.1 Å². The number of thiophene rings is 1. The van der Waals surface area contributed by atoms with Gasteiger partial charge in [-0.25, -0.2) is 0 Å². The van der Waals surface area contributed by atoms with Gasteiger partial charge >= 0.3 is 0 Å². The first-order valence-electron chi connectivity index (χ1n) is 10.0. The molecule has 0 spiro atoms. The number of nitrogens with zero attached hydrogens (tertiary/aromatic N) is 1. The highest BCUT2D eigenvalue weighted by atomic mass is 32.1. The van der Waals surface area contributed by atoms with E-state index in [1.807, 2.05) is 44.2 Å². The van der Waals surface area contributed by atoms with Crippen LogP contribution in [0.3, 0.4) is 0 Å². The van der Waals surface area contributed by atoms with Crippen molar-refractivity contribution >= 4 is 17.1 Å². The number of aryl methyl sites for hydroxylation is 2. The quantitative estimate of drug-likeness (QED) is 0.484. The number of carbonyl (C=O) groups is 1. The van der Waals surface area contributed by atoms with E-state index in [0.717, 1.165) is 21.6 Å². The average molecular weight is 406 g/mol. The normalized spacial score (nSPS) is 21.2. The summed E-state index contributed by atoms with van der Waals surface area (Å²) in [4.78, 5) is 17.6. The number of benzene rings is 2. The summed E-state index contributed by atoms with van der Waals surface area (Å²) in [5.41, 5.74) is 4.34. The van der Waals surface area contributed by atoms with Crippen LogP contribution < -0.4 is 0 Å². The Bertz CT molecular complexity index is 1010. The predicted octanol–water partition coefficient (Wildman–Crippen LogP) is 6.05. The Labute approximate surface area is 176 Å². The number of fused-ring (bicyclic) bond motifs is 1. The molecule has 150 valence electrons. The minimum Gasteiger partial charge on any atom is -0.363 e. The molecule has 2 aromatic carbocycles. The van der Waals surface area contributed by atoms with E-state index in [0.29, 0.717) is 6.42 Å². The van der Waals surface area contributed by atoms with Crippen molar-refractivity contribution in [2.45, 2.75) is 38.5 Å². The number of hydrogen-bond donors (Lipinski definition) is 0. The van der Waals surface area contributed by atoms with E-state index in [4.69, 9.17) is 4.74 Å². The highest BCUT2D eigenvalue weighted by Crippen LogP contribution is 2.47. The average Bonchev–Trinajstić information content (AvgIpc) is 3.06. The lowest BCUT2D eigenvalue weighted by Crippen LogP contribution is -2.34. The molecule has 0 unspecified atom stereocenters. The summed E-state index contributed by atoms with van der Waals surface area (Å²) in [7, 11) is 4.17. The first-order chi connectivity index (χ1) is 14.0. The van der Waals surface area contributed by atoms with E-state index in [1.165, 1.54) is 10.4 Å². The van der Waals surface area contributed by atoms with Crippen LogP contribution in [0.2, 0.25) is 0 Å². The lowest BCUT2D eigenvalue weighted by atomic mass is 9.84. The summed E-state index contributed by atoms with van der Waals surface area (Å²) in [6.07, 6.45) is -0.0127. The molecule has 1 aliphatic heterocycles. The molecule has 4 heteroatoms. The van der Waals surface area contributed by atoms with Crippen LogP contribution in [0.4, 0.5) is 0 Å². The molecular formula is C25H27NO2S. The third kappa shape index (κ3) is 3.93. The lowest BCUT2D eigenvalue weighted by molar-refractivity contribution is -0.0718. The first-order valence-corrected chi connectivity index (χ1v) is 10.8. The lowest BCUT2D eigenvalue weighted by Gasteiger charge is -2.41. The molecule has 0 aliphatic carbocycles. The third-order valence-electron chi connectivity index (χ3n) is 5.66. The van der Waals surface area contributed by atoms with Crippen LogP contribution in [0.25, 0.3) is 0 Å². The molecule has 0 bridgehead atoms. The Balaban J connectivity index is 1.73. The van der Waals surface area contributed by atoms with E-state index in [9.17, 15) is 4.79 Å². The number of hydrogen-bond acceptors (Lipinski definition) is 4. The number of ether oxygens (including phenoxy) is 1. The van der Waals surface area contributed by atoms with Crippen molar-refractivity contribution in [3.63, 3.8) is 0 Å². The molecule has 2 heterocycles. The molecule has 0 radical (unpaired) electrons. The summed E-state index contributed by atoms with van der Waals surface area (Å²) in [5.74, 6) is 0.154. The maximum atomic E-state index is 13.1. The Morgan fingerprint density at radius 1 is 1.00 bits per heavy atom. The van der Waals surface area contributed by atoms with Gasteiger partial charge in [-0.05, 0) is 50.7 Å². The highest BCUT2D eigenvalue weighted by molar-refractivity contribution is 7.12. The number of rotatable bonds is 5. The Morgan fingerprint density at radius 2 is 1.66 bits per heavy atom. The first kappa shape index (κ1) is 20.0. The van der Waals surface area contributed by atoms with Gasteiger partial charge in [-0.1, -0.05) is 54.6 Å². The second-order valence-corrected chi connectivity index (χ2v) is 9.41. The van der Waals surface area contributed by atoms with Crippen molar-refractivity contribution in [2.75, 3.05) is 14.1 Å². The number of ketones is 1. The summed E-state index contributed by atoms with van der Waals surface area (Å²) >= 11 is 1.68. The van der Waals surface area contributed by atoms with Crippen LogP contribution in [-0.4, -0.2) is 24.8 Å². The molecule has 3 aromatic rings. The smallest absolute Gasteiger partial charge is 0.166 e. The predicted molar refractivity (Wildman–Crippen MR) is 119 cm³/mol. The van der Waals surface area contributed by atoms with Gasteiger partial charge in [-0.3, -0.25) is 9.69 Å². The van der Waals surface area contributed by atoms with Gasteiger partial charge in [0.25, 0.3) is 0 Å². The van der Waals surface area contributed by atoms with Crippen molar-refractivity contribution in [3.05, 3.63) is 92.7 Å². The van der Waals surface area contributed by atoms with Crippen molar-refractivity contribution in [2.24, 2.45) is 0 Å². The maximum Gasteiger partial charge on any atom is 0.166 e. The molecule has 1 aliphatic rings. The van der Waals surface area contributed by atoms with Gasteiger partial charge in [-0.2, -0.15) is 0 Å². The molecule has 3 nitrogen and oxygen atoms in total. The largest absolute Gasteiger partial charge is 0.363 e. The van der Waals surface area contributed by atoms with Gasteiger partial charge in [0.1, 0.15) is 6.10 Å². The molecule has 0 amide bonds. The van der Waals surface area contributed by atoms with E-state index >= 15 is 0 Å². The van der Waals surface area contributed by atoms with Crippen LogP contribution in [0.1, 0.15) is 61.5 Å².